The smallest absolute Gasteiger partial charge is 0.0208 e. The van der Waals surface area contributed by atoms with Crippen molar-refractivity contribution in [3.05, 3.63) is 72.4 Å². The van der Waals surface area contributed by atoms with Crippen molar-refractivity contribution >= 4 is 0 Å². The van der Waals surface area contributed by atoms with Gasteiger partial charge in [0.1, 0.15) is 0 Å². The van der Waals surface area contributed by atoms with Crippen LogP contribution < -0.4 is 5.32 Å². The topological polar surface area (TPSA) is 12.0 Å². The van der Waals surface area contributed by atoms with Crippen LogP contribution in [0.25, 0.3) is 0 Å². The summed E-state index contributed by atoms with van der Waals surface area (Å²) in [5.41, 5.74) is 1.32. The zero-order valence-corrected chi connectivity index (χ0v) is 9.77. The molecule has 0 heterocycles. The Morgan fingerprint density at radius 1 is 1.00 bits per heavy atom. The molecule has 1 heteroatoms. The van der Waals surface area contributed by atoms with Crippen molar-refractivity contribution in [2.75, 3.05) is 6.54 Å². The lowest BCUT2D eigenvalue weighted by atomic mass is 10.2. The summed E-state index contributed by atoms with van der Waals surface area (Å²) in [5, 5.41) is 3.35. The second-order valence-electron chi connectivity index (χ2n) is 3.46. The van der Waals surface area contributed by atoms with E-state index in [2.05, 4.69) is 41.7 Å². The number of nitrogens with one attached hydrogen (secondary N) is 1. The summed E-state index contributed by atoms with van der Waals surface area (Å²) in [7, 11) is 0. The lowest BCUT2D eigenvalue weighted by Gasteiger charge is -2.00. The maximum absolute atomic E-state index is 3.35. The van der Waals surface area contributed by atoms with Crippen LogP contribution in [0.1, 0.15) is 12.5 Å². The maximum Gasteiger partial charge on any atom is 0.0208 e. The van der Waals surface area contributed by atoms with Crippen LogP contribution >= 0.6 is 0 Å². The number of rotatable bonds is 6. The third-order valence-corrected chi connectivity index (χ3v) is 2.10. The van der Waals surface area contributed by atoms with Gasteiger partial charge in [-0.3, -0.25) is 0 Å². The van der Waals surface area contributed by atoms with Crippen molar-refractivity contribution in [2.45, 2.75) is 13.5 Å². The van der Waals surface area contributed by atoms with Gasteiger partial charge in [0.2, 0.25) is 0 Å². The van der Waals surface area contributed by atoms with Gasteiger partial charge >= 0.3 is 0 Å². The minimum absolute atomic E-state index is 0.898. The normalized spacial score (nSPS) is 12.1. The van der Waals surface area contributed by atoms with Crippen LogP contribution in [0.5, 0.6) is 0 Å². The van der Waals surface area contributed by atoms with Gasteiger partial charge in [-0.2, -0.15) is 0 Å². The monoisotopic (exact) mass is 213 g/mol. The molecule has 0 bridgehead atoms. The molecule has 0 amide bonds. The standard InChI is InChI=1S/C15H19N/c1-2-3-4-5-6-10-13-16-14-15-11-8-7-9-12-15/h2-12,16H,13-14H2,1H3/b3-2-,5-4-,10-6+. The van der Waals surface area contributed by atoms with E-state index >= 15 is 0 Å². The summed E-state index contributed by atoms with van der Waals surface area (Å²) in [6.45, 7) is 3.83. The average molecular weight is 213 g/mol. The molecule has 1 N–H and O–H groups in total. The molecule has 1 aromatic carbocycles. The zero-order valence-electron chi connectivity index (χ0n) is 9.77. The van der Waals surface area contributed by atoms with Gasteiger partial charge in [-0.1, -0.05) is 66.8 Å². The first-order valence-corrected chi connectivity index (χ1v) is 5.62. The predicted molar refractivity (Wildman–Crippen MR) is 71.2 cm³/mol. The Morgan fingerprint density at radius 3 is 2.50 bits per heavy atom. The van der Waals surface area contributed by atoms with Crippen molar-refractivity contribution < 1.29 is 0 Å². The lowest BCUT2D eigenvalue weighted by Crippen LogP contribution is -2.12. The summed E-state index contributed by atoms with van der Waals surface area (Å²) in [4.78, 5) is 0. The minimum Gasteiger partial charge on any atom is -0.309 e. The van der Waals surface area contributed by atoms with Crippen LogP contribution in [0.15, 0.2) is 66.8 Å². The molecule has 0 aliphatic carbocycles. The van der Waals surface area contributed by atoms with E-state index in [4.69, 9.17) is 0 Å². The predicted octanol–water partition coefficient (Wildman–Crippen LogP) is 3.46. The molecular formula is C15H19N. The molecule has 0 saturated heterocycles. The Hall–Kier alpha value is -1.60. The van der Waals surface area contributed by atoms with Crippen molar-refractivity contribution in [3.63, 3.8) is 0 Å². The molecule has 16 heavy (non-hydrogen) atoms. The Bertz CT molecular complexity index is 347. The summed E-state index contributed by atoms with van der Waals surface area (Å²) in [6.07, 6.45) is 12.2. The molecule has 0 radical (unpaired) electrons. The van der Waals surface area contributed by atoms with E-state index < -0.39 is 0 Å². The molecule has 1 aromatic rings. The summed E-state index contributed by atoms with van der Waals surface area (Å²) in [5.74, 6) is 0. The first kappa shape index (κ1) is 12.5. The van der Waals surface area contributed by atoms with E-state index in [9.17, 15) is 0 Å². The molecule has 0 aliphatic rings. The molecule has 0 aromatic heterocycles. The van der Waals surface area contributed by atoms with Crippen LogP contribution in [0.3, 0.4) is 0 Å². The Morgan fingerprint density at radius 2 is 1.75 bits per heavy atom. The molecule has 1 nitrogen and oxygen atoms in total. The van der Waals surface area contributed by atoms with E-state index in [-0.39, 0.29) is 0 Å². The Labute approximate surface area is 98.2 Å². The van der Waals surface area contributed by atoms with E-state index in [1.165, 1.54) is 5.56 Å². The van der Waals surface area contributed by atoms with Crippen LogP contribution in [-0.4, -0.2) is 6.54 Å². The van der Waals surface area contributed by atoms with E-state index in [1.807, 2.05) is 37.3 Å². The van der Waals surface area contributed by atoms with E-state index in [0.717, 1.165) is 13.1 Å². The quantitative estimate of drug-likeness (QED) is 0.563. The van der Waals surface area contributed by atoms with Crippen LogP contribution in [-0.2, 0) is 6.54 Å². The van der Waals surface area contributed by atoms with Gasteiger partial charge in [-0.15, -0.1) is 0 Å². The molecule has 84 valence electrons. The molecule has 0 atom stereocenters. The highest BCUT2D eigenvalue weighted by Crippen LogP contribution is 1.96. The molecule has 0 unspecified atom stereocenters. The summed E-state index contributed by atoms with van der Waals surface area (Å²) in [6, 6.07) is 10.4. The molecule has 0 spiro atoms. The fraction of sp³-hybridized carbons (Fsp3) is 0.200. The van der Waals surface area contributed by atoms with Gasteiger partial charge in [0.15, 0.2) is 0 Å². The van der Waals surface area contributed by atoms with E-state index in [0.29, 0.717) is 0 Å². The van der Waals surface area contributed by atoms with Crippen molar-refractivity contribution in [2.24, 2.45) is 0 Å². The SMILES string of the molecule is C\C=C/C=C\C=C\CNCc1ccccc1. The van der Waals surface area contributed by atoms with Crippen LogP contribution in [0.2, 0.25) is 0 Å². The summed E-state index contributed by atoms with van der Waals surface area (Å²) < 4.78 is 0. The second kappa shape index (κ2) is 8.69. The van der Waals surface area contributed by atoms with E-state index in [1.54, 1.807) is 0 Å². The third-order valence-electron chi connectivity index (χ3n) is 2.10. The highest BCUT2D eigenvalue weighted by molar-refractivity contribution is 5.14. The van der Waals surface area contributed by atoms with Gasteiger partial charge in [0.25, 0.3) is 0 Å². The van der Waals surface area contributed by atoms with Crippen molar-refractivity contribution in [1.82, 2.24) is 5.32 Å². The van der Waals surface area contributed by atoms with Crippen LogP contribution in [0.4, 0.5) is 0 Å². The first-order valence-electron chi connectivity index (χ1n) is 5.62. The van der Waals surface area contributed by atoms with Gasteiger partial charge in [0, 0.05) is 13.1 Å². The van der Waals surface area contributed by atoms with Crippen LogP contribution in [0, 0.1) is 0 Å². The molecule has 0 saturated carbocycles. The minimum atomic E-state index is 0.898. The number of benzene rings is 1. The second-order valence-corrected chi connectivity index (χ2v) is 3.46. The molecule has 0 aliphatic heterocycles. The average Bonchev–Trinajstić information content (AvgIpc) is 2.34. The first-order chi connectivity index (χ1) is 7.93. The Kier molecular flexibility index (Phi) is 6.77. The Balaban J connectivity index is 2.12. The number of hydrogen-bond acceptors (Lipinski definition) is 1. The largest absolute Gasteiger partial charge is 0.309 e. The summed E-state index contributed by atoms with van der Waals surface area (Å²) >= 11 is 0. The highest BCUT2D eigenvalue weighted by atomic mass is 14.8. The highest BCUT2D eigenvalue weighted by Gasteiger charge is 1.87. The number of hydrogen-bond donors (Lipinski definition) is 1. The van der Waals surface area contributed by atoms with Gasteiger partial charge < -0.3 is 5.32 Å². The van der Waals surface area contributed by atoms with Gasteiger partial charge in [0.05, 0.1) is 0 Å². The number of allylic oxidation sites excluding steroid dienone is 5. The third kappa shape index (κ3) is 5.99. The fourth-order valence-corrected chi connectivity index (χ4v) is 1.28. The van der Waals surface area contributed by atoms with Gasteiger partial charge in [-0.25, -0.2) is 0 Å². The zero-order chi connectivity index (χ0) is 11.5. The van der Waals surface area contributed by atoms with Gasteiger partial charge in [-0.05, 0) is 12.5 Å². The van der Waals surface area contributed by atoms with Crippen molar-refractivity contribution in [3.8, 4) is 0 Å². The lowest BCUT2D eigenvalue weighted by molar-refractivity contribution is 0.760. The van der Waals surface area contributed by atoms with Crippen molar-refractivity contribution in [1.29, 1.82) is 0 Å². The molecule has 1 rings (SSSR count). The molecular weight excluding hydrogens is 194 g/mol. The fourth-order valence-electron chi connectivity index (χ4n) is 1.28. The maximum atomic E-state index is 3.35. The molecule has 0 fully saturated rings.